The molecule has 1 aromatic rings. The van der Waals surface area contributed by atoms with Gasteiger partial charge in [0.15, 0.2) is 0 Å². The Bertz CT molecular complexity index is 331. The number of ether oxygens (including phenoxy) is 1. The maximum absolute atomic E-state index is 5.50. The molecule has 1 aliphatic heterocycles. The van der Waals surface area contributed by atoms with E-state index in [-0.39, 0.29) is 0 Å². The molecule has 0 radical (unpaired) electrons. The van der Waals surface area contributed by atoms with Crippen LogP contribution in [0.25, 0.3) is 0 Å². The third-order valence-corrected chi connectivity index (χ3v) is 3.51. The van der Waals surface area contributed by atoms with Crippen LogP contribution in [0.2, 0.25) is 0 Å². The molecule has 4 heteroatoms. The van der Waals surface area contributed by atoms with Crippen LogP contribution >= 0.6 is 0 Å². The lowest BCUT2D eigenvalue weighted by molar-refractivity contribution is 0.173. The van der Waals surface area contributed by atoms with E-state index in [0.29, 0.717) is 12.0 Å². The van der Waals surface area contributed by atoms with Crippen LogP contribution in [0, 0.1) is 5.92 Å². The Kier molecular flexibility index (Phi) is 4.57. The van der Waals surface area contributed by atoms with E-state index in [1.807, 2.05) is 6.20 Å². The van der Waals surface area contributed by atoms with Crippen LogP contribution in [0.1, 0.15) is 26.1 Å². The number of aromatic nitrogens is 2. The molecule has 1 N–H and O–H groups in total. The number of nitrogens with one attached hydrogen (secondary N) is 1. The van der Waals surface area contributed by atoms with Crippen LogP contribution in [0.15, 0.2) is 12.4 Å². The zero-order valence-electron chi connectivity index (χ0n) is 10.9. The molecule has 2 rings (SSSR count). The van der Waals surface area contributed by atoms with Gasteiger partial charge in [-0.3, -0.25) is 0 Å². The zero-order valence-corrected chi connectivity index (χ0v) is 10.9. The highest BCUT2D eigenvalue weighted by Gasteiger charge is 2.25. The van der Waals surface area contributed by atoms with Gasteiger partial charge in [0.2, 0.25) is 0 Å². The molecule has 1 fully saturated rings. The Morgan fingerprint density at radius 3 is 3.12 bits per heavy atom. The highest BCUT2D eigenvalue weighted by molar-refractivity contribution is 4.94. The molecule has 0 aromatic carbocycles. The van der Waals surface area contributed by atoms with Crippen molar-refractivity contribution < 1.29 is 4.74 Å². The third-order valence-electron chi connectivity index (χ3n) is 3.51. The highest BCUT2D eigenvalue weighted by atomic mass is 16.5. The number of nitrogens with zero attached hydrogens (tertiary/aromatic N) is 2. The summed E-state index contributed by atoms with van der Waals surface area (Å²) in [4.78, 5) is 4.38. The van der Waals surface area contributed by atoms with Gasteiger partial charge in [0.25, 0.3) is 0 Å². The van der Waals surface area contributed by atoms with E-state index in [1.165, 1.54) is 12.2 Å². The molecule has 0 aliphatic carbocycles. The van der Waals surface area contributed by atoms with Crippen molar-refractivity contribution in [2.24, 2.45) is 5.92 Å². The first kappa shape index (κ1) is 12.6. The molecule has 0 amide bonds. The topological polar surface area (TPSA) is 39.1 Å². The van der Waals surface area contributed by atoms with Gasteiger partial charge < -0.3 is 14.6 Å². The van der Waals surface area contributed by atoms with Gasteiger partial charge in [-0.05, 0) is 13.0 Å². The highest BCUT2D eigenvalue weighted by Crippen LogP contribution is 2.18. The van der Waals surface area contributed by atoms with Gasteiger partial charge in [-0.25, -0.2) is 4.98 Å². The van der Waals surface area contributed by atoms with Crippen molar-refractivity contribution in [3.8, 4) is 0 Å². The summed E-state index contributed by atoms with van der Waals surface area (Å²) in [6, 6.07) is 0.502. The number of aryl methyl sites for hydroxylation is 1. The Balaban J connectivity index is 2.01. The molecule has 2 heterocycles. The second kappa shape index (κ2) is 6.17. The minimum Gasteiger partial charge on any atom is -0.381 e. The Morgan fingerprint density at radius 2 is 2.47 bits per heavy atom. The summed E-state index contributed by atoms with van der Waals surface area (Å²) in [5.41, 5.74) is 0. The van der Waals surface area contributed by atoms with Crippen molar-refractivity contribution in [1.82, 2.24) is 14.9 Å². The molecule has 1 saturated heterocycles. The minimum absolute atomic E-state index is 0.502. The van der Waals surface area contributed by atoms with Crippen LogP contribution in [-0.2, 0) is 17.7 Å². The Hall–Kier alpha value is -0.870. The molecule has 1 aromatic heterocycles. The van der Waals surface area contributed by atoms with Gasteiger partial charge in [-0.1, -0.05) is 13.8 Å². The summed E-state index contributed by atoms with van der Waals surface area (Å²) in [5.74, 6) is 1.81. The molecule has 96 valence electrons. The average molecular weight is 237 g/mol. The van der Waals surface area contributed by atoms with Crippen molar-refractivity contribution >= 4 is 0 Å². The molecule has 17 heavy (non-hydrogen) atoms. The lowest BCUT2D eigenvalue weighted by Crippen LogP contribution is -2.40. The smallest absolute Gasteiger partial charge is 0.108 e. The van der Waals surface area contributed by atoms with Crippen molar-refractivity contribution in [3.63, 3.8) is 0 Å². The number of rotatable bonds is 6. The van der Waals surface area contributed by atoms with Gasteiger partial charge in [-0.2, -0.15) is 0 Å². The maximum atomic E-state index is 5.50. The standard InChI is InChI=1S/C13H23N3O/c1-3-13-15-6-7-16(13)9-12(14-4-2)11-5-8-17-10-11/h6-7,11-12,14H,3-5,8-10H2,1-2H3. The van der Waals surface area contributed by atoms with E-state index in [4.69, 9.17) is 4.74 Å². The molecular weight excluding hydrogens is 214 g/mol. The number of hydrogen-bond donors (Lipinski definition) is 1. The van der Waals surface area contributed by atoms with E-state index in [9.17, 15) is 0 Å². The van der Waals surface area contributed by atoms with Crippen LogP contribution < -0.4 is 5.32 Å². The molecule has 2 atom stereocenters. The molecular formula is C13H23N3O. The lowest BCUT2D eigenvalue weighted by Gasteiger charge is -2.24. The first-order valence-electron chi connectivity index (χ1n) is 6.66. The first-order chi connectivity index (χ1) is 8.35. The minimum atomic E-state index is 0.502. The van der Waals surface area contributed by atoms with Crippen LogP contribution in [0.3, 0.4) is 0 Å². The lowest BCUT2D eigenvalue weighted by atomic mass is 9.99. The van der Waals surface area contributed by atoms with Crippen LogP contribution in [-0.4, -0.2) is 35.4 Å². The number of likely N-dealkylation sites (N-methyl/N-ethyl adjacent to an activating group) is 1. The molecule has 0 bridgehead atoms. The van der Waals surface area contributed by atoms with E-state index in [1.54, 1.807) is 0 Å². The quantitative estimate of drug-likeness (QED) is 0.814. The summed E-state index contributed by atoms with van der Waals surface area (Å²) >= 11 is 0. The Labute approximate surface area is 103 Å². The summed E-state index contributed by atoms with van der Waals surface area (Å²) in [6.07, 6.45) is 6.15. The fourth-order valence-corrected chi connectivity index (χ4v) is 2.55. The normalized spacial score (nSPS) is 21.9. The molecule has 4 nitrogen and oxygen atoms in total. The molecule has 2 unspecified atom stereocenters. The van der Waals surface area contributed by atoms with E-state index in [2.05, 4.69) is 34.9 Å². The number of imidazole rings is 1. The molecule has 1 aliphatic rings. The van der Waals surface area contributed by atoms with Crippen molar-refractivity contribution in [2.75, 3.05) is 19.8 Å². The summed E-state index contributed by atoms with van der Waals surface area (Å²) in [6.45, 7) is 8.14. The van der Waals surface area contributed by atoms with Gasteiger partial charge in [0.05, 0.1) is 6.61 Å². The van der Waals surface area contributed by atoms with Crippen LogP contribution in [0.4, 0.5) is 0 Å². The largest absolute Gasteiger partial charge is 0.381 e. The van der Waals surface area contributed by atoms with Crippen molar-refractivity contribution in [2.45, 2.75) is 39.3 Å². The maximum Gasteiger partial charge on any atom is 0.108 e. The van der Waals surface area contributed by atoms with Crippen molar-refractivity contribution in [1.29, 1.82) is 0 Å². The van der Waals surface area contributed by atoms with Gasteiger partial charge in [-0.15, -0.1) is 0 Å². The van der Waals surface area contributed by atoms with Crippen molar-refractivity contribution in [3.05, 3.63) is 18.2 Å². The second-order valence-electron chi connectivity index (χ2n) is 4.64. The van der Waals surface area contributed by atoms with E-state index < -0.39 is 0 Å². The fraction of sp³-hybridized carbons (Fsp3) is 0.769. The summed E-state index contributed by atoms with van der Waals surface area (Å²) in [7, 11) is 0. The van der Waals surface area contributed by atoms with E-state index >= 15 is 0 Å². The SMILES string of the molecule is CCNC(Cn1ccnc1CC)C1CCOC1. The van der Waals surface area contributed by atoms with E-state index in [0.717, 1.165) is 32.7 Å². The van der Waals surface area contributed by atoms with Crippen LogP contribution in [0.5, 0.6) is 0 Å². The average Bonchev–Trinajstić information content (AvgIpc) is 2.99. The predicted octanol–water partition coefficient (Wildman–Crippen LogP) is 1.46. The molecule has 0 saturated carbocycles. The Morgan fingerprint density at radius 1 is 1.59 bits per heavy atom. The predicted molar refractivity (Wildman–Crippen MR) is 68.0 cm³/mol. The summed E-state index contributed by atoms with van der Waals surface area (Å²) < 4.78 is 7.76. The second-order valence-corrected chi connectivity index (χ2v) is 4.64. The fourth-order valence-electron chi connectivity index (χ4n) is 2.55. The molecule has 0 spiro atoms. The van der Waals surface area contributed by atoms with Gasteiger partial charge in [0.1, 0.15) is 5.82 Å². The van der Waals surface area contributed by atoms with Gasteiger partial charge >= 0.3 is 0 Å². The number of hydrogen-bond acceptors (Lipinski definition) is 3. The zero-order chi connectivity index (χ0) is 12.1. The monoisotopic (exact) mass is 237 g/mol. The summed E-state index contributed by atoms with van der Waals surface area (Å²) in [5, 5.41) is 3.59. The first-order valence-corrected chi connectivity index (χ1v) is 6.66. The third kappa shape index (κ3) is 3.07. The van der Waals surface area contributed by atoms with Gasteiger partial charge in [0, 0.05) is 43.9 Å².